The van der Waals surface area contributed by atoms with E-state index in [2.05, 4.69) is 4.72 Å². The van der Waals surface area contributed by atoms with Gasteiger partial charge >= 0.3 is 23.9 Å². The van der Waals surface area contributed by atoms with Crippen molar-refractivity contribution < 1.29 is 42.9 Å². The van der Waals surface area contributed by atoms with Crippen LogP contribution in [0.4, 0.5) is 5.69 Å². The molecule has 1 aromatic rings. The zero-order valence-electron chi connectivity index (χ0n) is 17.6. The summed E-state index contributed by atoms with van der Waals surface area (Å²) in [6, 6.07) is 9.15. The van der Waals surface area contributed by atoms with Crippen LogP contribution in [-0.2, 0) is 42.9 Å². The molecule has 0 radical (unpaired) electrons. The smallest absolute Gasteiger partial charge is 0.303 e. The first-order chi connectivity index (χ1) is 14.7. The number of benzene rings is 1. The molecule has 31 heavy (non-hydrogen) atoms. The van der Waals surface area contributed by atoms with E-state index >= 15 is 0 Å². The van der Waals surface area contributed by atoms with Gasteiger partial charge < -0.3 is 28.4 Å². The van der Waals surface area contributed by atoms with Gasteiger partial charge in [-0.25, -0.2) is 0 Å². The molecule has 1 aliphatic rings. The normalized spacial score (nSPS) is 25.1. The van der Waals surface area contributed by atoms with Crippen molar-refractivity contribution in [3.05, 3.63) is 30.3 Å². The van der Waals surface area contributed by atoms with Crippen LogP contribution in [0.1, 0.15) is 27.7 Å². The lowest BCUT2D eigenvalue weighted by atomic mass is 9.99. The molecule has 2 rings (SSSR count). The summed E-state index contributed by atoms with van der Waals surface area (Å²) in [5.74, 6) is -2.56. The molecule has 1 N–H and O–H groups in total. The van der Waals surface area contributed by atoms with Crippen molar-refractivity contribution in [1.29, 1.82) is 0 Å². The van der Waals surface area contributed by atoms with Crippen molar-refractivity contribution in [2.75, 3.05) is 11.3 Å². The monoisotopic (exact) mass is 455 g/mol. The Hall–Kier alpha value is -2.79. The maximum atomic E-state index is 11.8. The number of para-hydroxylation sites is 1. The van der Waals surface area contributed by atoms with E-state index in [0.29, 0.717) is 0 Å². The molecule has 0 saturated carbocycles. The van der Waals surface area contributed by atoms with Gasteiger partial charge in [-0.2, -0.15) is 0 Å². The van der Waals surface area contributed by atoms with Gasteiger partial charge in [-0.05, 0) is 24.1 Å². The Balaban J connectivity index is 2.35. The molecule has 0 spiro atoms. The van der Waals surface area contributed by atoms with Gasteiger partial charge in [0.15, 0.2) is 23.7 Å². The Morgan fingerprint density at radius 1 is 0.839 bits per heavy atom. The highest BCUT2D eigenvalue weighted by molar-refractivity contribution is 8.01. The lowest BCUT2D eigenvalue weighted by Crippen LogP contribution is -2.61. The molecule has 1 saturated heterocycles. The van der Waals surface area contributed by atoms with Crippen molar-refractivity contribution >= 4 is 41.5 Å². The van der Waals surface area contributed by atoms with Crippen LogP contribution >= 0.6 is 11.9 Å². The third-order valence-corrected chi connectivity index (χ3v) is 4.98. The summed E-state index contributed by atoms with van der Waals surface area (Å²) < 4.78 is 30.2. The zero-order valence-corrected chi connectivity index (χ0v) is 18.4. The standard InChI is InChI=1S/C20H25NO9S/c1-11(22)26-10-16-17(27-12(2)23)18(28-13(3)24)19(29-14(4)25)20(30-16)31-21-15-8-6-5-7-9-15/h5-9,16-21H,10H2,1-4H3/t16-,17-,18+,19-,20+/m1/s1. The van der Waals surface area contributed by atoms with E-state index in [4.69, 9.17) is 23.7 Å². The lowest BCUT2D eigenvalue weighted by molar-refractivity contribution is -0.237. The highest BCUT2D eigenvalue weighted by atomic mass is 32.2. The molecule has 0 amide bonds. The molecule has 5 atom stereocenters. The third-order valence-electron chi connectivity index (χ3n) is 4.01. The predicted molar refractivity (Wildman–Crippen MR) is 110 cm³/mol. The minimum Gasteiger partial charge on any atom is -0.463 e. The summed E-state index contributed by atoms with van der Waals surface area (Å²) in [6.45, 7) is 4.50. The zero-order chi connectivity index (χ0) is 23.0. The van der Waals surface area contributed by atoms with E-state index in [1.54, 1.807) is 0 Å². The van der Waals surface area contributed by atoms with Gasteiger partial charge in [0.2, 0.25) is 0 Å². The number of carbonyl (C=O) groups excluding carboxylic acids is 4. The van der Waals surface area contributed by atoms with E-state index < -0.39 is 53.7 Å². The van der Waals surface area contributed by atoms with Crippen LogP contribution in [0, 0.1) is 0 Å². The average Bonchev–Trinajstić information content (AvgIpc) is 2.68. The first kappa shape index (κ1) is 24.5. The maximum absolute atomic E-state index is 11.8. The number of anilines is 1. The predicted octanol–water partition coefficient (Wildman–Crippen LogP) is 1.83. The van der Waals surface area contributed by atoms with Crippen molar-refractivity contribution in [2.24, 2.45) is 0 Å². The molecule has 0 unspecified atom stereocenters. The van der Waals surface area contributed by atoms with Crippen LogP contribution in [0.25, 0.3) is 0 Å². The number of carbonyl (C=O) groups is 4. The van der Waals surface area contributed by atoms with Gasteiger partial charge in [0.1, 0.15) is 12.7 Å². The minimum absolute atomic E-state index is 0.264. The summed E-state index contributed by atoms with van der Waals surface area (Å²) in [7, 11) is 0. The van der Waals surface area contributed by atoms with Gasteiger partial charge in [0, 0.05) is 33.4 Å². The summed E-state index contributed by atoms with van der Waals surface area (Å²) in [6.07, 6.45) is -4.44. The second-order valence-corrected chi connectivity index (χ2v) is 7.56. The van der Waals surface area contributed by atoms with Gasteiger partial charge in [0.05, 0.1) is 0 Å². The highest BCUT2D eigenvalue weighted by Gasteiger charge is 2.52. The fraction of sp³-hybridized carbons (Fsp3) is 0.500. The molecule has 0 aromatic heterocycles. The highest BCUT2D eigenvalue weighted by Crippen LogP contribution is 2.34. The largest absolute Gasteiger partial charge is 0.463 e. The second kappa shape index (κ2) is 11.6. The number of ether oxygens (including phenoxy) is 5. The van der Waals surface area contributed by atoms with E-state index in [1.807, 2.05) is 30.3 Å². The first-order valence-electron chi connectivity index (χ1n) is 9.44. The Morgan fingerprint density at radius 3 is 1.94 bits per heavy atom. The Morgan fingerprint density at radius 2 is 1.39 bits per heavy atom. The summed E-state index contributed by atoms with van der Waals surface area (Å²) in [4.78, 5) is 46.6. The molecule has 170 valence electrons. The molecule has 0 bridgehead atoms. The summed E-state index contributed by atoms with van der Waals surface area (Å²) in [5.41, 5.74) is -0.138. The van der Waals surface area contributed by atoms with Crippen molar-refractivity contribution in [1.82, 2.24) is 0 Å². The van der Waals surface area contributed by atoms with Crippen LogP contribution in [0.2, 0.25) is 0 Å². The quantitative estimate of drug-likeness (QED) is 0.350. The van der Waals surface area contributed by atoms with Crippen LogP contribution < -0.4 is 4.72 Å². The first-order valence-corrected chi connectivity index (χ1v) is 10.3. The molecule has 11 heteroatoms. The van der Waals surface area contributed by atoms with Crippen LogP contribution in [0.5, 0.6) is 0 Å². The number of esters is 4. The summed E-state index contributed by atoms with van der Waals surface area (Å²) in [5, 5.41) is 0. The Labute approximate surface area is 184 Å². The topological polar surface area (TPSA) is 126 Å². The molecule has 1 aromatic carbocycles. The Kier molecular flexibility index (Phi) is 9.13. The number of hydrogen-bond donors (Lipinski definition) is 1. The maximum Gasteiger partial charge on any atom is 0.303 e. The molecule has 1 heterocycles. The van der Waals surface area contributed by atoms with Gasteiger partial charge in [-0.15, -0.1) is 0 Å². The molecule has 0 aliphatic carbocycles. The van der Waals surface area contributed by atoms with E-state index in [-0.39, 0.29) is 6.61 Å². The molecular weight excluding hydrogens is 430 g/mol. The van der Waals surface area contributed by atoms with Gasteiger partial charge in [-0.1, -0.05) is 18.2 Å². The van der Waals surface area contributed by atoms with Crippen LogP contribution in [0.15, 0.2) is 30.3 Å². The fourth-order valence-corrected chi connectivity index (χ4v) is 3.85. The molecular formula is C20H25NO9S. The minimum atomic E-state index is -1.19. The number of rotatable bonds is 8. The van der Waals surface area contributed by atoms with E-state index in [9.17, 15) is 19.2 Å². The van der Waals surface area contributed by atoms with E-state index in [0.717, 1.165) is 17.6 Å². The second-order valence-electron chi connectivity index (χ2n) is 6.65. The summed E-state index contributed by atoms with van der Waals surface area (Å²) >= 11 is 1.07. The number of hydrogen-bond acceptors (Lipinski definition) is 11. The Bertz CT molecular complexity index is 788. The third kappa shape index (κ3) is 7.76. The average molecular weight is 455 g/mol. The van der Waals surface area contributed by atoms with Gasteiger partial charge in [0.25, 0.3) is 0 Å². The van der Waals surface area contributed by atoms with Crippen molar-refractivity contribution in [2.45, 2.75) is 57.5 Å². The van der Waals surface area contributed by atoms with Crippen molar-refractivity contribution in [3.8, 4) is 0 Å². The molecule has 1 fully saturated rings. The van der Waals surface area contributed by atoms with Gasteiger partial charge in [-0.3, -0.25) is 19.2 Å². The van der Waals surface area contributed by atoms with Crippen LogP contribution in [0.3, 0.4) is 0 Å². The molecule has 1 aliphatic heterocycles. The molecule has 10 nitrogen and oxygen atoms in total. The lowest BCUT2D eigenvalue weighted by Gasteiger charge is -2.44. The number of nitrogens with one attached hydrogen (secondary N) is 1. The fourth-order valence-electron chi connectivity index (χ4n) is 2.92. The van der Waals surface area contributed by atoms with Crippen molar-refractivity contribution in [3.63, 3.8) is 0 Å². The van der Waals surface area contributed by atoms with E-state index in [1.165, 1.54) is 27.7 Å². The van der Waals surface area contributed by atoms with Crippen LogP contribution in [-0.4, -0.2) is 60.3 Å². The SMILES string of the molecule is CC(=O)OC[C@H]1O[C@@H](SNc2ccccc2)[C@H](OC(C)=O)[C@@H](OC(C)=O)[C@@H]1OC(C)=O.